The van der Waals surface area contributed by atoms with Gasteiger partial charge < -0.3 is 19.5 Å². The molecular formula is C20H35NO3. The van der Waals surface area contributed by atoms with Crippen molar-refractivity contribution >= 4 is 0 Å². The number of hydrogen-bond donors (Lipinski definition) is 1. The standard InChI is InChI=1S/C20H35NO3/c22-19(14-21-4-2-1-3-5-21)15-23-6-7-24-20-11-16-8-17(12-20)10-18(9-16)13-20/h16-19,22H,1-15H2/t16?,17?,18?,19-,20?/m1/s1. The summed E-state index contributed by atoms with van der Waals surface area (Å²) in [5, 5.41) is 10.1. The number of rotatable bonds is 8. The van der Waals surface area contributed by atoms with Gasteiger partial charge in [0, 0.05) is 6.54 Å². The van der Waals surface area contributed by atoms with Crippen molar-refractivity contribution in [1.82, 2.24) is 4.90 Å². The highest BCUT2D eigenvalue weighted by Gasteiger charge is 2.51. The first-order valence-electron chi connectivity index (χ1n) is 10.3. The van der Waals surface area contributed by atoms with Crippen molar-refractivity contribution in [2.24, 2.45) is 17.8 Å². The zero-order valence-corrected chi connectivity index (χ0v) is 15.1. The molecule has 0 aromatic heterocycles. The fraction of sp³-hybridized carbons (Fsp3) is 1.00. The lowest BCUT2D eigenvalue weighted by Gasteiger charge is -2.56. The monoisotopic (exact) mass is 337 g/mol. The summed E-state index contributed by atoms with van der Waals surface area (Å²) in [5.74, 6) is 2.80. The van der Waals surface area contributed by atoms with Crippen molar-refractivity contribution in [3.63, 3.8) is 0 Å². The third-order valence-corrected chi connectivity index (χ3v) is 6.85. The summed E-state index contributed by atoms with van der Waals surface area (Å²) >= 11 is 0. The van der Waals surface area contributed by atoms with E-state index in [-0.39, 0.29) is 11.7 Å². The van der Waals surface area contributed by atoms with Gasteiger partial charge in [-0.3, -0.25) is 0 Å². The highest BCUT2D eigenvalue weighted by atomic mass is 16.5. The summed E-state index contributed by atoms with van der Waals surface area (Å²) in [6.07, 6.45) is 11.8. The van der Waals surface area contributed by atoms with E-state index in [1.807, 2.05) is 0 Å². The lowest BCUT2D eigenvalue weighted by Crippen LogP contribution is -2.52. The zero-order chi connectivity index (χ0) is 16.4. The number of ether oxygens (including phenoxy) is 2. The third-order valence-electron chi connectivity index (χ3n) is 6.85. The van der Waals surface area contributed by atoms with Crippen LogP contribution in [0, 0.1) is 17.8 Å². The molecule has 1 atom stereocenters. The Balaban J connectivity index is 1.11. The third kappa shape index (κ3) is 4.14. The van der Waals surface area contributed by atoms with E-state index in [4.69, 9.17) is 9.47 Å². The van der Waals surface area contributed by atoms with Crippen LogP contribution in [0.5, 0.6) is 0 Å². The van der Waals surface area contributed by atoms with Crippen molar-refractivity contribution < 1.29 is 14.6 Å². The Hall–Kier alpha value is -0.160. The number of β-amino-alcohol motifs (C(OH)–C–C–N with tert-alkyl or cyclic N) is 1. The highest BCUT2D eigenvalue weighted by Crippen LogP contribution is 2.57. The maximum absolute atomic E-state index is 10.1. The summed E-state index contributed by atoms with van der Waals surface area (Å²) in [7, 11) is 0. The van der Waals surface area contributed by atoms with Crippen molar-refractivity contribution in [2.75, 3.05) is 39.5 Å². The van der Waals surface area contributed by atoms with E-state index in [1.54, 1.807) is 0 Å². The van der Waals surface area contributed by atoms with Gasteiger partial charge in [0.15, 0.2) is 0 Å². The fourth-order valence-corrected chi connectivity index (χ4v) is 6.24. The summed E-state index contributed by atoms with van der Waals surface area (Å²) in [4.78, 5) is 2.36. The summed E-state index contributed by atoms with van der Waals surface area (Å²) in [6.45, 7) is 4.79. The molecule has 1 saturated heterocycles. The molecule has 4 saturated carbocycles. The second-order valence-electron chi connectivity index (χ2n) is 9.04. The van der Waals surface area contributed by atoms with Crippen molar-refractivity contribution in [2.45, 2.75) is 69.5 Å². The Labute approximate surface area is 146 Å². The molecule has 4 heteroatoms. The minimum absolute atomic E-state index is 0.185. The number of likely N-dealkylation sites (tertiary alicyclic amines) is 1. The van der Waals surface area contributed by atoms with E-state index in [1.165, 1.54) is 57.8 Å². The smallest absolute Gasteiger partial charge is 0.0900 e. The first-order chi connectivity index (χ1) is 11.7. The first-order valence-corrected chi connectivity index (χ1v) is 10.3. The molecule has 0 aromatic rings. The zero-order valence-electron chi connectivity index (χ0n) is 15.1. The lowest BCUT2D eigenvalue weighted by atomic mass is 9.54. The van der Waals surface area contributed by atoms with Gasteiger partial charge in [0.25, 0.3) is 0 Å². The molecule has 5 aliphatic rings. The van der Waals surface area contributed by atoms with Gasteiger partial charge in [-0.2, -0.15) is 0 Å². The Morgan fingerprint density at radius 2 is 1.54 bits per heavy atom. The van der Waals surface area contributed by atoms with Crippen molar-refractivity contribution in [1.29, 1.82) is 0 Å². The van der Waals surface area contributed by atoms with Gasteiger partial charge in [-0.1, -0.05) is 6.42 Å². The van der Waals surface area contributed by atoms with Crippen LogP contribution in [0.15, 0.2) is 0 Å². The van der Waals surface area contributed by atoms with Gasteiger partial charge in [-0.25, -0.2) is 0 Å². The predicted octanol–water partition coefficient (Wildman–Crippen LogP) is 2.84. The molecule has 0 radical (unpaired) electrons. The molecule has 0 unspecified atom stereocenters. The minimum atomic E-state index is -0.359. The van der Waals surface area contributed by atoms with E-state index >= 15 is 0 Å². The molecule has 0 spiro atoms. The van der Waals surface area contributed by atoms with Gasteiger partial charge in [0.05, 0.1) is 31.5 Å². The number of aliphatic hydroxyl groups is 1. The van der Waals surface area contributed by atoms with Crippen LogP contribution < -0.4 is 0 Å². The molecule has 1 heterocycles. The molecule has 24 heavy (non-hydrogen) atoms. The molecule has 0 aromatic carbocycles. The highest BCUT2D eigenvalue weighted by molar-refractivity contribution is 5.03. The van der Waals surface area contributed by atoms with E-state index < -0.39 is 0 Å². The van der Waals surface area contributed by atoms with E-state index in [0.29, 0.717) is 19.8 Å². The molecule has 4 bridgehead atoms. The van der Waals surface area contributed by atoms with E-state index in [2.05, 4.69) is 4.90 Å². The van der Waals surface area contributed by atoms with Crippen LogP contribution in [-0.2, 0) is 9.47 Å². The fourth-order valence-electron chi connectivity index (χ4n) is 6.24. The Morgan fingerprint density at radius 1 is 0.917 bits per heavy atom. The average Bonchev–Trinajstić information content (AvgIpc) is 2.54. The van der Waals surface area contributed by atoms with Crippen LogP contribution in [0.3, 0.4) is 0 Å². The molecule has 5 fully saturated rings. The van der Waals surface area contributed by atoms with Crippen LogP contribution in [0.25, 0.3) is 0 Å². The normalized spacial score (nSPS) is 40.1. The van der Waals surface area contributed by atoms with Gasteiger partial charge in [-0.05, 0) is 82.2 Å². The van der Waals surface area contributed by atoms with E-state index in [9.17, 15) is 5.11 Å². The molecule has 4 nitrogen and oxygen atoms in total. The van der Waals surface area contributed by atoms with Crippen LogP contribution in [-0.4, -0.2) is 61.2 Å². The van der Waals surface area contributed by atoms with Gasteiger partial charge in [0.1, 0.15) is 0 Å². The SMILES string of the molecule is O[C@@H](COCCOC12CC3CC(CC(C3)C1)C2)CN1CCCCC1. The molecule has 0 amide bonds. The van der Waals surface area contributed by atoms with Gasteiger partial charge in [0.2, 0.25) is 0 Å². The Morgan fingerprint density at radius 3 is 2.17 bits per heavy atom. The van der Waals surface area contributed by atoms with Gasteiger partial charge in [-0.15, -0.1) is 0 Å². The Kier molecular flexibility index (Phi) is 5.47. The van der Waals surface area contributed by atoms with Crippen LogP contribution >= 0.6 is 0 Å². The summed E-state index contributed by atoms with van der Waals surface area (Å²) < 4.78 is 12.1. The van der Waals surface area contributed by atoms with E-state index in [0.717, 1.165) is 37.4 Å². The Bertz CT molecular complexity index is 372. The molecule has 1 aliphatic heterocycles. The maximum Gasteiger partial charge on any atom is 0.0900 e. The number of piperidine rings is 1. The number of aliphatic hydroxyl groups excluding tert-OH is 1. The summed E-state index contributed by atoms with van der Waals surface area (Å²) in [6, 6.07) is 0. The minimum Gasteiger partial charge on any atom is -0.389 e. The topological polar surface area (TPSA) is 41.9 Å². The molecule has 138 valence electrons. The van der Waals surface area contributed by atoms with Crippen LogP contribution in [0.4, 0.5) is 0 Å². The largest absolute Gasteiger partial charge is 0.389 e. The summed E-state index contributed by atoms with van der Waals surface area (Å²) in [5.41, 5.74) is 0.185. The molecule has 4 aliphatic carbocycles. The maximum atomic E-state index is 10.1. The second kappa shape index (κ2) is 7.61. The molecule has 5 rings (SSSR count). The molecule has 1 N–H and O–H groups in total. The van der Waals surface area contributed by atoms with Crippen LogP contribution in [0.1, 0.15) is 57.8 Å². The van der Waals surface area contributed by atoms with Crippen LogP contribution in [0.2, 0.25) is 0 Å². The number of nitrogens with zero attached hydrogens (tertiary/aromatic N) is 1. The van der Waals surface area contributed by atoms with Crippen molar-refractivity contribution in [3.8, 4) is 0 Å². The predicted molar refractivity (Wildman–Crippen MR) is 94.0 cm³/mol. The molecular weight excluding hydrogens is 302 g/mol. The average molecular weight is 338 g/mol. The second-order valence-corrected chi connectivity index (χ2v) is 9.04. The lowest BCUT2D eigenvalue weighted by molar-refractivity contribution is -0.170. The van der Waals surface area contributed by atoms with Gasteiger partial charge >= 0.3 is 0 Å². The quantitative estimate of drug-likeness (QED) is 0.692. The first kappa shape index (κ1) is 17.3. The number of hydrogen-bond acceptors (Lipinski definition) is 4. The van der Waals surface area contributed by atoms with Crippen molar-refractivity contribution in [3.05, 3.63) is 0 Å².